The first-order valence-electron chi connectivity index (χ1n) is 11.9. The highest BCUT2D eigenvalue weighted by Gasteiger charge is 2.03. The van der Waals surface area contributed by atoms with Crippen LogP contribution in [0.2, 0.25) is 0 Å². The third kappa shape index (κ3) is 20.1. The summed E-state index contributed by atoms with van der Waals surface area (Å²) in [5.74, 6) is 0. The van der Waals surface area contributed by atoms with Gasteiger partial charge >= 0.3 is 0 Å². The van der Waals surface area contributed by atoms with E-state index in [1.165, 1.54) is 129 Å². The van der Waals surface area contributed by atoms with E-state index in [0.29, 0.717) is 0 Å². The van der Waals surface area contributed by atoms with Crippen LogP contribution < -0.4 is 0 Å². The average Bonchev–Trinajstić information content (AvgIpc) is 2.63. The molecule has 0 saturated heterocycles. The summed E-state index contributed by atoms with van der Waals surface area (Å²) in [6.45, 7) is 12.5. The molecule has 25 heavy (non-hydrogen) atoms. The van der Waals surface area contributed by atoms with Crippen molar-refractivity contribution in [3.05, 3.63) is 6.92 Å². The number of rotatable bonds is 21. The molecule has 0 aromatic heterocycles. The molecule has 0 rings (SSSR count). The molecule has 0 fully saturated rings. The molecule has 0 aromatic carbocycles. The Kier molecular flexibility index (Phi) is 22.0. The van der Waals surface area contributed by atoms with Gasteiger partial charge in [-0.2, -0.15) is 0 Å². The second kappa shape index (κ2) is 22.0. The lowest BCUT2D eigenvalue weighted by Crippen LogP contribution is -2.27. The van der Waals surface area contributed by atoms with E-state index in [1.54, 1.807) is 0 Å². The largest absolute Gasteiger partial charge is 0.303 e. The third-order valence-corrected chi connectivity index (χ3v) is 5.38. The summed E-state index contributed by atoms with van der Waals surface area (Å²) in [5, 5.41) is 0. The maximum absolute atomic E-state index is 3.91. The molecule has 0 N–H and O–H groups in total. The van der Waals surface area contributed by atoms with Gasteiger partial charge in [0.1, 0.15) is 0 Å². The average molecular weight is 353 g/mol. The van der Waals surface area contributed by atoms with E-state index in [-0.39, 0.29) is 0 Å². The molecule has 0 saturated carbocycles. The van der Waals surface area contributed by atoms with Gasteiger partial charge in [0, 0.05) is 0 Å². The maximum atomic E-state index is 3.91. The first-order valence-corrected chi connectivity index (χ1v) is 11.9. The second-order valence-corrected chi connectivity index (χ2v) is 8.00. The summed E-state index contributed by atoms with van der Waals surface area (Å²) >= 11 is 0. The molecule has 0 bridgehead atoms. The van der Waals surface area contributed by atoms with Crippen molar-refractivity contribution in [2.24, 2.45) is 0 Å². The first kappa shape index (κ1) is 25.0. The van der Waals surface area contributed by atoms with Gasteiger partial charge in [0.2, 0.25) is 0 Å². The lowest BCUT2D eigenvalue weighted by molar-refractivity contribution is 0.259. The predicted octanol–water partition coefficient (Wildman–Crippen LogP) is 8.18. The Balaban J connectivity index is 3.27. The van der Waals surface area contributed by atoms with Gasteiger partial charge in [0.15, 0.2) is 0 Å². The summed E-state index contributed by atoms with van der Waals surface area (Å²) in [7, 11) is 0. The van der Waals surface area contributed by atoms with Gasteiger partial charge in [0.25, 0.3) is 0 Å². The van der Waals surface area contributed by atoms with Crippen molar-refractivity contribution in [2.45, 2.75) is 129 Å². The molecule has 1 radical (unpaired) electrons. The standard InChI is InChI=1S/C24H50N/c1-4-7-10-11-12-13-14-15-16-17-18-19-20-21-24-25(22-8-5-2)23-9-6-3/h1,4-24H2,2-3H3. The zero-order valence-corrected chi connectivity index (χ0v) is 18.0. The lowest BCUT2D eigenvalue weighted by atomic mass is 10.0. The van der Waals surface area contributed by atoms with Crippen molar-refractivity contribution in [2.75, 3.05) is 19.6 Å². The fourth-order valence-electron chi connectivity index (χ4n) is 3.56. The molecule has 0 spiro atoms. The van der Waals surface area contributed by atoms with Gasteiger partial charge in [-0.05, 0) is 38.9 Å². The second-order valence-electron chi connectivity index (χ2n) is 8.00. The van der Waals surface area contributed by atoms with Crippen molar-refractivity contribution in [1.82, 2.24) is 4.90 Å². The van der Waals surface area contributed by atoms with Crippen LogP contribution in [0.1, 0.15) is 129 Å². The highest BCUT2D eigenvalue weighted by atomic mass is 15.1. The molecule has 0 aromatic rings. The molecular weight excluding hydrogens is 302 g/mol. The predicted molar refractivity (Wildman–Crippen MR) is 116 cm³/mol. The Hall–Kier alpha value is -0.0400. The molecule has 0 unspecified atom stereocenters. The Bertz CT molecular complexity index is 218. The Morgan fingerprint density at radius 1 is 0.440 bits per heavy atom. The van der Waals surface area contributed by atoms with Crippen molar-refractivity contribution < 1.29 is 0 Å². The summed E-state index contributed by atoms with van der Waals surface area (Å²) < 4.78 is 0. The molecule has 0 atom stereocenters. The number of nitrogens with zero attached hydrogens (tertiary/aromatic N) is 1. The van der Waals surface area contributed by atoms with Gasteiger partial charge in [-0.15, -0.1) is 0 Å². The zero-order chi connectivity index (χ0) is 18.4. The summed E-state index contributed by atoms with van der Waals surface area (Å²) in [6, 6.07) is 0. The highest BCUT2D eigenvalue weighted by molar-refractivity contribution is 4.58. The fourth-order valence-corrected chi connectivity index (χ4v) is 3.56. The third-order valence-electron chi connectivity index (χ3n) is 5.38. The van der Waals surface area contributed by atoms with Crippen LogP contribution in [0.15, 0.2) is 0 Å². The van der Waals surface area contributed by atoms with E-state index >= 15 is 0 Å². The van der Waals surface area contributed by atoms with Crippen LogP contribution in [-0.2, 0) is 0 Å². The molecular formula is C24H50N. The first-order chi connectivity index (χ1) is 12.3. The molecule has 1 nitrogen and oxygen atoms in total. The van der Waals surface area contributed by atoms with Crippen molar-refractivity contribution in [3.8, 4) is 0 Å². The Labute approximate surface area is 161 Å². The molecule has 0 aliphatic heterocycles. The van der Waals surface area contributed by atoms with Gasteiger partial charge in [-0.1, -0.05) is 117 Å². The fraction of sp³-hybridized carbons (Fsp3) is 0.958. The van der Waals surface area contributed by atoms with Crippen LogP contribution in [0.5, 0.6) is 0 Å². The van der Waals surface area contributed by atoms with Crippen LogP contribution >= 0.6 is 0 Å². The summed E-state index contributed by atoms with van der Waals surface area (Å²) in [5.41, 5.74) is 0. The van der Waals surface area contributed by atoms with E-state index in [2.05, 4.69) is 25.7 Å². The van der Waals surface area contributed by atoms with E-state index in [1.807, 2.05) is 0 Å². The molecule has 1 heteroatoms. The highest BCUT2D eigenvalue weighted by Crippen LogP contribution is 2.13. The van der Waals surface area contributed by atoms with Crippen molar-refractivity contribution in [1.29, 1.82) is 0 Å². The molecule has 0 amide bonds. The van der Waals surface area contributed by atoms with Crippen molar-refractivity contribution in [3.63, 3.8) is 0 Å². The van der Waals surface area contributed by atoms with E-state index in [9.17, 15) is 0 Å². The summed E-state index contributed by atoms with van der Waals surface area (Å²) in [6.07, 6.45) is 25.3. The van der Waals surface area contributed by atoms with Crippen LogP contribution in [0.3, 0.4) is 0 Å². The number of hydrogen-bond acceptors (Lipinski definition) is 1. The quantitative estimate of drug-likeness (QED) is 0.188. The van der Waals surface area contributed by atoms with Crippen molar-refractivity contribution >= 4 is 0 Å². The zero-order valence-electron chi connectivity index (χ0n) is 18.0. The van der Waals surface area contributed by atoms with E-state index < -0.39 is 0 Å². The van der Waals surface area contributed by atoms with Gasteiger partial charge in [0.05, 0.1) is 0 Å². The van der Waals surface area contributed by atoms with E-state index in [4.69, 9.17) is 0 Å². The van der Waals surface area contributed by atoms with Crippen LogP contribution in [0.4, 0.5) is 0 Å². The van der Waals surface area contributed by atoms with Gasteiger partial charge < -0.3 is 4.90 Å². The smallest absolute Gasteiger partial charge is 0.00187 e. The topological polar surface area (TPSA) is 3.24 Å². The lowest BCUT2D eigenvalue weighted by Gasteiger charge is -2.21. The molecule has 0 heterocycles. The summed E-state index contributed by atoms with van der Waals surface area (Å²) in [4.78, 5) is 2.71. The van der Waals surface area contributed by atoms with Crippen LogP contribution in [-0.4, -0.2) is 24.5 Å². The minimum Gasteiger partial charge on any atom is -0.303 e. The molecule has 151 valence electrons. The van der Waals surface area contributed by atoms with E-state index in [0.717, 1.165) is 6.42 Å². The minimum absolute atomic E-state index is 1.12. The monoisotopic (exact) mass is 352 g/mol. The van der Waals surface area contributed by atoms with Crippen LogP contribution in [0.25, 0.3) is 0 Å². The van der Waals surface area contributed by atoms with Crippen LogP contribution in [0, 0.1) is 6.92 Å². The number of hydrogen-bond donors (Lipinski definition) is 0. The number of unbranched alkanes of at least 4 members (excludes halogenated alkanes) is 15. The normalized spacial score (nSPS) is 11.5. The van der Waals surface area contributed by atoms with Gasteiger partial charge in [-0.25, -0.2) is 0 Å². The van der Waals surface area contributed by atoms with Gasteiger partial charge in [-0.3, -0.25) is 0 Å². The SMILES string of the molecule is [CH2]CCCCCCCCCCCCCCCN(CCCC)CCCC. The Morgan fingerprint density at radius 3 is 1.12 bits per heavy atom. The minimum atomic E-state index is 1.12. The molecule has 0 aliphatic rings. The maximum Gasteiger partial charge on any atom is -0.00187 e. The Morgan fingerprint density at radius 2 is 0.760 bits per heavy atom. The molecule has 0 aliphatic carbocycles.